The molecule has 0 aliphatic heterocycles. The first kappa shape index (κ1) is 38.2. The number of aromatic amines is 1. The van der Waals surface area contributed by atoms with Gasteiger partial charge in [0.1, 0.15) is 12.1 Å². The van der Waals surface area contributed by atoms with Crippen LogP contribution in [0.1, 0.15) is 143 Å². The van der Waals surface area contributed by atoms with Crippen LogP contribution in [0.4, 0.5) is 5.95 Å². The topological polar surface area (TPSA) is 168 Å². The number of hydrogen-bond donors (Lipinski definition) is 3. The van der Waals surface area contributed by atoms with E-state index in [0.29, 0.717) is 31.5 Å². The summed E-state index contributed by atoms with van der Waals surface area (Å²) in [6.07, 6.45) is 22.0. The molecule has 2 aromatic rings. The lowest BCUT2D eigenvalue weighted by Gasteiger charge is -2.23. The van der Waals surface area contributed by atoms with Gasteiger partial charge in [0.2, 0.25) is 5.95 Å². The van der Waals surface area contributed by atoms with Crippen LogP contribution in [0.15, 0.2) is 11.1 Å². The molecule has 5 N–H and O–H groups in total. The van der Waals surface area contributed by atoms with Crippen molar-refractivity contribution in [1.82, 2.24) is 19.5 Å². The summed E-state index contributed by atoms with van der Waals surface area (Å²) in [5.74, 6) is -0.738. The number of fused-ring (bicyclic) bond motifs is 1. The Bertz CT molecular complexity index is 1170. The van der Waals surface area contributed by atoms with E-state index in [-0.39, 0.29) is 30.0 Å². The van der Waals surface area contributed by atoms with Gasteiger partial charge in [-0.3, -0.25) is 19.4 Å². The van der Waals surface area contributed by atoms with Gasteiger partial charge in [-0.1, -0.05) is 117 Å². The summed E-state index contributed by atoms with van der Waals surface area (Å²) in [5, 5.41) is 0. The number of carbonyl (C=O) groups is 2. The second-order valence-corrected chi connectivity index (χ2v) is 12.5. The zero-order chi connectivity index (χ0) is 32.9. The number of aromatic nitrogens is 4. The molecule has 0 radical (unpaired) electrons. The zero-order valence-corrected chi connectivity index (χ0v) is 28.2. The molecule has 2 rings (SSSR count). The van der Waals surface area contributed by atoms with Crippen LogP contribution in [0, 0.1) is 5.92 Å². The molecule has 0 saturated carbocycles. The third kappa shape index (κ3) is 15.3. The molecule has 256 valence electrons. The lowest BCUT2D eigenvalue weighted by atomic mass is 10.0. The van der Waals surface area contributed by atoms with Gasteiger partial charge in [0, 0.05) is 25.8 Å². The van der Waals surface area contributed by atoms with Gasteiger partial charge < -0.3 is 25.5 Å². The van der Waals surface area contributed by atoms with Crippen LogP contribution in [0.5, 0.6) is 0 Å². The molecular formula is C34H60N6O5. The average molecular weight is 633 g/mol. The molecule has 0 bridgehead atoms. The van der Waals surface area contributed by atoms with Crippen LogP contribution < -0.4 is 17.0 Å². The largest absolute Gasteiger partial charge is 0.466 e. The SMILES string of the molecule is CCCCCCCCCCCCCCCCCC(=O)OCCC(CCn1cnc2c(=O)[nH]c(N)nc21)OC(=O)[C@@H](N)[C@@H](C)CC. The number of nitrogens with one attached hydrogen (secondary N) is 1. The van der Waals surface area contributed by atoms with Crippen molar-refractivity contribution in [2.75, 3.05) is 12.3 Å². The number of nitrogens with zero attached hydrogens (tertiary/aromatic N) is 3. The Morgan fingerprint density at radius 1 is 0.911 bits per heavy atom. The fourth-order valence-corrected chi connectivity index (χ4v) is 5.43. The first-order chi connectivity index (χ1) is 21.8. The van der Waals surface area contributed by atoms with Gasteiger partial charge >= 0.3 is 11.9 Å². The average Bonchev–Trinajstić information content (AvgIpc) is 3.43. The van der Waals surface area contributed by atoms with Gasteiger partial charge in [-0.15, -0.1) is 0 Å². The van der Waals surface area contributed by atoms with E-state index in [4.69, 9.17) is 20.9 Å². The summed E-state index contributed by atoms with van der Waals surface area (Å²) in [5.41, 5.74) is 11.9. The molecule has 2 heterocycles. The minimum absolute atomic E-state index is 0.00208. The molecule has 0 spiro atoms. The molecule has 2 aromatic heterocycles. The van der Waals surface area contributed by atoms with E-state index >= 15 is 0 Å². The first-order valence-corrected chi connectivity index (χ1v) is 17.6. The van der Waals surface area contributed by atoms with Gasteiger partial charge in [0.25, 0.3) is 5.56 Å². The highest BCUT2D eigenvalue weighted by molar-refractivity contribution is 5.76. The van der Waals surface area contributed by atoms with Crippen molar-refractivity contribution in [3.8, 4) is 0 Å². The van der Waals surface area contributed by atoms with Gasteiger partial charge in [0.15, 0.2) is 11.2 Å². The Kier molecular flexibility index (Phi) is 19.1. The number of hydrogen-bond acceptors (Lipinski definition) is 9. The van der Waals surface area contributed by atoms with Crippen LogP contribution in [0.3, 0.4) is 0 Å². The van der Waals surface area contributed by atoms with E-state index in [1.165, 1.54) is 83.4 Å². The highest BCUT2D eigenvalue weighted by atomic mass is 16.6. The Morgan fingerprint density at radius 2 is 1.49 bits per heavy atom. The molecule has 0 aliphatic carbocycles. The zero-order valence-electron chi connectivity index (χ0n) is 28.2. The van der Waals surface area contributed by atoms with Crippen LogP contribution in [0.25, 0.3) is 11.2 Å². The maximum Gasteiger partial charge on any atom is 0.323 e. The van der Waals surface area contributed by atoms with Crippen molar-refractivity contribution in [1.29, 1.82) is 0 Å². The third-order valence-electron chi connectivity index (χ3n) is 8.68. The molecule has 11 heteroatoms. The lowest BCUT2D eigenvalue weighted by Crippen LogP contribution is -2.40. The number of aryl methyl sites for hydroxylation is 1. The molecule has 0 fully saturated rings. The summed E-state index contributed by atoms with van der Waals surface area (Å²) in [6.45, 7) is 6.65. The van der Waals surface area contributed by atoms with E-state index in [1.807, 2.05) is 13.8 Å². The molecule has 0 aromatic carbocycles. The maximum absolute atomic E-state index is 12.7. The smallest absolute Gasteiger partial charge is 0.323 e. The van der Waals surface area contributed by atoms with Gasteiger partial charge in [0.05, 0.1) is 12.9 Å². The van der Waals surface area contributed by atoms with Gasteiger partial charge in [-0.2, -0.15) is 4.98 Å². The van der Waals surface area contributed by atoms with Crippen molar-refractivity contribution in [3.05, 3.63) is 16.7 Å². The van der Waals surface area contributed by atoms with Gasteiger partial charge in [-0.25, -0.2) is 4.98 Å². The summed E-state index contributed by atoms with van der Waals surface area (Å²) < 4.78 is 12.9. The van der Waals surface area contributed by atoms with Crippen molar-refractivity contribution >= 4 is 29.1 Å². The van der Waals surface area contributed by atoms with Crippen molar-refractivity contribution in [2.45, 2.75) is 161 Å². The monoisotopic (exact) mass is 632 g/mol. The number of H-pyrrole nitrogens is 1. The second-order valence-electron chi connectivity index (χ2n) is 12.5. The molecule has 1 unspecified atom stereocenters. The Labute approximate surface area is 269 Å². The number of nitrogens with two attached hydrogens (primary N) is 2. The normalized spacial score (nSPS) is 13.5. The van der Waals surface area contributed by atoms with Crippen LogP contribution >= 0.6 is 0 Å². The molecule has 0 amide bonds. The molecular weight excluding hydrogens is 572 g/mol. The third-order valence-corrected chi connectivity index (χ3v) is 8.68. The fourth-order valence-electron chi connectivity index (χ4n) is 5.43. The summed E-state index contributed by atoms with van der Waals surface area (Å²) in [4.78, 5) is 47.9. The summed E-state index contributed by atoms with van der Waals surface area (Å²) in [6, 6.07) is -0.737. The molecule has 11 nitrogen and oxygen atoms in total. The van der Waals surface area contributed by atoms with E-state index < -0.39 is 23.7 Å². The number of esters is 2. The first-order valence-electron chi connectivity index (χ1n) is 17.6. The summed E-state index contributed by atoms with van der Waals surface area (Å²) >= 11 is 0. The number of carbonyl (C=O) groups excluding carboxylic acids is 2. The van der Waals surface area contributed by atoms with E-state index in [1.54, 1.807) is 4.57 Å². The number of nitrogen functional groups attached to an aromatic ring is 1. The molecule has 0 saturated heterocycles. The number of ether oxygens (including phenoxy) is 2. The van der Waals surface area contributed by atoms with Crippen molar-refractivity contribution in [3.63, 3.8) is 0 Å². The van der Waals surface area contributed by atoms with E-state index in [2.05, 4.69) is 21.9 Å². The highest BCUT2D eigenvalue weighted by Gasteiger charge is 2.25. The Morgan fingerprint density at radius 3 is 2.07 bits per heavy atom. The maximum atomic E-state index is 12.7. The van der Waals surface area contributed by atoms with Crippen LogP contribution in [-0.4, -0.2) is 50.2 Å². The number of rotatable bonds is 26. The minimum atomic E-state index is -0.737. The molecule has 3 atom stereocenters. The lowest BCUT2D eigenvalue weighted by molar-refractivity contribution is -0.154. The minimum Gasteiger partial charge on any atom is -0.466 e. The fraction of sp³-hybridized carbons (Fsp3) is 0.794. The standard InChI is InChI=1S/C34H60N6O5/c1-4-6-7-8-9-10-11-12-13-14-15-16-17-18-19-20-28(41)44-24-22-27(45-33(43)29(35)26(3)5-2)21-23-40-25-37-30-31(40)38-34(36)39-32(30)42/h25-27,29H,4-24,35H2,1-3H3,(H3,36,38,39,42)/t26-,27?,29-/m0/s1. The Hall–Kier alpha value is -2.95. The van der Waals surface area contributed by atoms with Crippen LogP contribution in [0.2, 0.25) is 0 Å². The number of unbranched alkanes of at least 4 members (excludes halogenated alkanes) is 14. The Balaban J connectivity index is 1.66. The quantitative estimate of drug-likeness (QED) is 0.0767. The number of anilines is 1. The highest BCUT2D eigenvalue weighted by Crippen LogP contribution is 2.16. The van der Waals surface area contributed by atoms with E-state index in [0.717, 1.165) is 25.7 Å². The van der Waals surface area contributed by atoms with Crippen LogP contribution in [-0.2, 0) is 25.6 Å². The van der Waals surface area contributed by atoms with Crippen molar-refractivity contribution in [2.24, 2.45) is 11.7 Å². The summed E-state index contributed by atoms with van der Waals surface area (Å²) in [7, 11) is 0. The molecule has 45 heavy (non-hydrogen) atoms. The predicted octanol–water partition coefficient (Wildman–Crippen LogP) is 6.57. The number of imidazole rings is 1. The molecule has 0 aliphatic rings. The predicted molar refractivity (Wildman–Crippen MR) is 180 cm³/mol. The van der Waals surface area contributed by atoms with Crippen molar-refractivity contribution < 1.29 is 19.1 Å². The van der Waals surface area contributed by atoms with Gasteiger partial charge in [-0.05, 0) is 12.3 Å². The second kappa shape index (κ2) is 22.5. The van der Waals surface area contributed by atoms with E-state index in [9.17, 15) is 14.4 Å².